The highest BCUT2D eigenvalue weighted by atomic mass is 16.5. The zero-order chi connectivity index (χ0) is 15.6. The minimum absolute atomic E-state index is 0.398. The summed E-state index contributed by atoms with van der Waals surface area (Å²) in [6, 6.07) is 5.16. The van der Waals surface area contributed by atoms with Gasteiger partial charge in [0.1, 0.15) is 0 Å². The van der Waals surface area contributed by atoms with Crippen molar-refractivity contribution in [2.45, 2.75) is 19.0 Å². The summed E-state index contributed by atoms with van der Waals surface area (Å²) >= 11 is 0. The zero-order valence-corrected chi connectivity index (χ0v) is 12.0. The Morgan fingerprint density at radius 1 is 1.00 bits per heavy atom. The number of ether oxygens (including phenoxy) is 2. The van der Waals surface area contributed by atoms with Crippen LogP contribution < -0.4 is 5.43 Å². The molecule has 0 bridgehead atoms. The SMILES string of the molecule is COC(=O)C1c2ccccc2C(C(=O)OC)N1NC(C)=O. The van der Waals surface area contributed by atoms with Gasteiger partial charge >= 0.3 is 11.9 Å². The van der Waals surface area contributed by atoms with Crippen LogP contribution in [0, 0.1) is 0 Å². The van der Waals surface area contributed by atoms with E-state index in [1.54, 1.807) is 24.3 Å². The molecule has 112 valence electrons. The number of esters is 2. The fourth-order valence-electron chi connectivity index (χ4n) is 2.47. The molecule has 2 rings (SSSR count). The summed E-state index contributed by atoms with van der Waals surface area (Å²) in [7, 11) is 2.50. The maximum atomic E-state index is 12.1. The second-order valence-electron chi connectivity index (χ2n) is 4.56. The van der Waals surface area contributed by atoms with E-state index in [9.17, 15) is 14.4 Å². The number of benzene rings is 1. The quantitative estimate of drug-likeness (QED) is 0.816. The van der Waals surface area contributed by atoms with Gasteiger partial charge in [0.15, 0.2) is 12.1 Å². The van der Waals surface area contributed by atoms with E-state index in [1.165, 1.54) is 26.2 Å². The first kappa shape index (κ1) is 15.0. The molecule has 1 N–H and O–H groups in total. The number of hydrogen-bond donors (Lipinski definition) is 1. The molecule has 2 unspecified atom stereocenters. The third kappa shape index (κ3) is 2.59. The lowest BCUT2D eigenvalue weighted by Crippen LogP contribution is -2.47. The van der Waals surface area contributed by atoms with Crippen LogP contribution in [0.3, 0.4) is 0 Å². The molecule has 1 heterocycles. The molecule has 7 nitrogen and oxygen atoms in total. The van der Waals surface area contributed by atoms with Crippen molar-refractivity contribution >= 4 is 17.8 Å². The molecule has 21 heavy (non-hydrogen) atoms. The number of hydrogen-bond acceptors (Lipinski definition) is 6. The van der Waals surface area contributed by atoms with Crippen molar-refractivity contribution in [1.29, 1.82) is 0 Å². The molecule has 7 heteroatoms. The number of carbonyl (C=O) groups excluding carboxylic acids is 3. The molecule has 1 aliphatic rings. The van der Waals surface area contributed by atoms with Crippen LogP contribution in [0.2, 0.25) is 0 Å². The van der Waals surface area contributed by atoms with Gasteiger partial charge in [-0.25, -0.2) is 9.59 Å². The van der Waals surface area contributed by atoms with Crippen molar-refractivity contribution in [3.05, 3.63) is 35.4 Å². The smallest absolute Gasteiger partial charge is 0.329 e. The van der Waals surface area contributed by atoms with Gasteiger partial charge in [0, 0.05) is 6.92 Å². The number of nitrogens with one attached hydrogen (secondary N) is 1. The van der Waals surface area contributed by atoms with Gasteiger partial charge in [-0.3, -0.25) is 10.2 Å². The first-order chi connectivity index (χ1) is 10.0. The molecule has 0 fully saturated rings. The lowest BCUT2D eigenvalue weighted by Gasteiger charge is -2.27. The molecule has 0 saturated carbocycles. The van der Waals surface area contributed by atoms with Crippen molar-refractivity contribution in [1.82, 2.24) is 10.4 Å². The van der Waals surface area contributed by atoms with Gasteiger partial charge in [0.25, 0.3) is 0 Å². The largest absolute Gasteiger partial charge is 0.468 e. The van der Waals surface area contributed by atoms with E-state index in [1.807, 2.05) is 0 Å². The van der Waals surface area contributed by atoms with Crippen molar-refractivity contribution < 1.29 is 23.9 Å². The summed E-state index contributed by atoms with van der Waals surface area (Å²) in [5.41, 5.74) is 3.72. The van der Waals surface area contributed by atoms with Crippen LogP contribution >= 0.6 is 0 Å². The summed E-state index contributed by atoms with van der Waals surface area (Å²) in [4.78, 5) is 35.5. The highest BCUT2D eigenvalue weighted by Crippen LogP contribution is 2.41. The first-order valence-electron chi connectivity index (χ1n) is 6.31. The lowest BCUT2D eigenvalue weighted by molar-refractivity contribution is -0.157. The van der Waals surface area contributed by atoms with Crippen molar-refractivity contribution in [2.24, 2.45) is 0 Å². The topological polar surface area (TPSA) is 84.9 Å². The molecule has 0 aliphatic carbocycles. The van der Waals surface area contributed by atoms with E-state index in [0.29, 0.717) is 11.1 Å². The summed E-state index contributed by atoms with van der Waals surface area (Å²) in [5.74, 6) is -1.53. The summed E-state index contributed by atoms with van der Waals surface area (Å²) in [6.45, 7) is 1.30. The number of rotatable bonds is 3. The molecule has 0 aromatic heterocycles. The van der Waals surface area contributed by atoms with E-state index >= 15 is 0 Å². The minimum atomic E-state index is -0.890. The maximum absolute atomic E-state index is 12.1. The van der Waals surface area contributed by atoms with Crippen LogP contribution in [-0.4, -0.2) is 37.1 Å². The third-order valence-corrected chi connectivity index (χ3v) is 3.28. The van der Waals surface area contributed by atoms with E-state index in [-0.39, 0.29) is 0 Å². The van der Waals surface area contributed by atoms with Gasteiger partial charge in [-0.1, -0.05) is 24.3 Å². The van der Waals surface area contributed by atoms with Crippen LogP contribution in [0.4, 0.5) is 0 Å². The van der Waals surface area contributed by atoms with Gasteiger partial charge in [-0.15, -0.1) is 0 Å². The Morgan fingerprint density at radius 3 is 1.76 bits per heavy atom. The van der Waals surface area contributed by atoms with Crippen LogP contribution in [0.5, 0.6) is 0 Å². The van der Waals surface area contributed by atoms with Crippen LogP contribution in [0.15, 0.2) is 24.3 Å². The molecule has 1 aromatic carbocycles. The average molecular weight is 292 g/mol. The van der Waals surface area contributed by atoms with Crippen molar-refractivity contribution in [2.75, 3.05) is 14.2 Å². The summed E-state index contributed by atoms with van der Waals surface area (Å²) < 4.78 is 9.56. The van der Waals surface area contributed by atoms with Gasteiger partial charge in [0.05, 0.1) is 14.2 Å². The first-order valence-corrected chi connectivity index (χ1v) is 6.31. The Kier molecular flexibility index (Phi) is 4.23. The predicted octanol–water partition coefficient (Wildman–Crippen LogP) is 0.481. The van der Waals surface area contributed by atoms with E-state index in [0.717, 1.165) is 0 Å². The summed E-state index contributed by atoms with van der Waals surface area (Å²) in [5, 5.41) is 1.27. The van der Waals surface area contributed by atoms with Crippen LogP contribution in [-0.2, 0) is 23.9 Å². The summed E-state index contributed by atoms with van der Waals surface area (Å²) in [6.07, 6.45) is 0. The highest BCUT2D eigenvalue weighted by molar-refractivity contribution is 5.86. The maximum Gasteiger partial charge on any atom is 0.329 e. The van der Waals surface area contributed by atoms with E-state index in [4.69, 9.17) is 9.47 Å². The molecule has 1 aliphatic heterocycles. The molecule has 1 amide bonds. The Balaban J connectivity index is 2.54. The third-order valence-electron chi connectivity index (χ3n) is 3.28. The number of methoxy groups -OCH3 is 2. The predicted molar refractivity (Wildman–Crippen MR) is 71.6 cm³/mol. The fraction of sp³-hybridized carbons (Fsp3) is 0.357. The van der Waals surface area contributed by atoms with Crippen molar-refractivity contribution in [3.8, 4) is 0 Å². The Bertz CT molecular complexity index is 543. The molecule has 2 atom stereocenters. The normalized spacial score (nSPS) is 20.5. The Labute approximate surface area is 121 Å². The number of carbonyl (C=O) groups is 3. The van der Waals surface area contributed by atoms with Gasteiger partial charge in [0.2, 0.25) is 5.91 Å². The molecule has 0 saturated heterocycles. The average Bonchev–Trinajstić information content (AvgIpc) is 2.78. The number of amides is 1. The standard InChI is InChI=1S/C14H16N2O5/c1-8(17)15-16-11(13(18)20-2)9-6-4-5-7-10(9)12(16)14(19)21-3/h4-7,11-12H,1-3H3,(H,15,17). The molecule has 1 aromatic rings. The molecule has 0 radical (unpaired) electrons. The van der Waals surface area contributed by atoms with Crippen LogP contribution in [0.25, 0.3) is 0 Å². The second kappa shape index (κ2) is 5.92. The van der Waals surface area contributed by atoms with Gasteiger partial charge < -0.3 is 9.47 Å². The number of fused-ring (bicyclic) bond motifs is 1. The molecular formula is C14H16N2O5. The monoisotopic (exact) mass is 292 g/mol. The second-order valence-corrected chi connectivity index (χ2v) is 4.56. The molecular weight excluding hydrogens is 276 g/mol. The number of nitrogens with zero attached hydrogens (tertiary/aromatic N) is 1. The van der Waals surface area contributed by atoms with E-state index < -0.39 is 29.9 Å². The van der Waals surface area contributed by atoms with Gasteiger partial charge in [-0.2, -0.15) is 5.01 Å². The zero-order valence-electron chi connectivity index (χ0n) is 12.0. The Hall–Kier alpha value is -2.41. The fourth-order valence-corrected chi connectivity index (χ4v) is 2.47. The van der Waals surface area contributed by atoms with Crippen LogP contribution in [0.1, 0.15) is 30.1 Å². The highest BCUT2D eigenvalue weighted by Gasteiger charge is 2.47. The van der Waals surface area contributed by atoms with E-state index in [2.05, 4.69) is 5.43 Å². The molecule has 0 spiro atoms. The minimum Gasteiger partial charge on any atom is -0.468 e. The van der Waals surface area contributed by atoms with Crippen molar-refractivity contribution in [3.63, 3.8) is 0 Å². The Morgan fingerprint density at radius 2 is 1.43 bits per heavy atom. The number of hydrazine groups is 1. The lowest BCUT2D eigenvalue weighted by atomic mass is 10.0. The van der Waals surface area contributed by atoms with Gasteiger partial charge in [-0.05, 0) is 11.1 Å².